The van der Waals surface area contributed by atoms with Crippen LogP contribution in [-0.4, -0.2) is 67.0 Å². The molecule has 22 heavy (non-hydrogen) atoms. The number of ether oxygens (including phenoxy) is 1. The first-order chi connectivity index (χ1) is 10.7. The zero-order valence-electron chi connectivity index (χ0n) is 13.5. The molecule has 0 aromatic heterocycles. The highest BCUT2D eigenvalue weighted by molar-refractivity contribution is 5.79. The van der Waals surface area contributed by atoms with Crippen LogP contribution in [0.1, 0.15) is 39.0 Å². The van der Waals surface area contributed by atoms with Crippen LogP contribution in [0.25, 0.3) is 0 Å². The van der Waals surface area contributed by atoms with Crippen LogP contribution in [0.4, 0.5) is 0 Å². The molecule has 0 saturated carbocycles. The lowest BCUT2D eigenvalue weighted by Gasteiger charge is -2.35. The number of hydrogen-bond acceptors (Lipinski definition) is 5. The molecule has 0 N–H and O–H groups in total. The maximum atomic E-state index is 11.4. The zero-order chi connectivity index (χ0) is 15.4. The predicted octanol–water partition coefficient (Wildman–Crippen LogP) is 1.46. The van der Waals surface area contributed by atoms with Crippen molar-refractivity contribution in [2.75, 3.05) is 39.3 Å². The van der Waals surface area contributed by atoms with E-state index >= 15 is 0 Å². The zero-order valence-corrected chi connectivity index (χ0v) is 13.5. The Morgan fingerprint density at radius 1 is 1.18 bits per heavy atom. The van der Waals surface area contributed by atoms with E-state index < -0.39 is 0 Å². The Balaban J connectivity index is 1.48. The van der Waals surface area contributed by atoms with Gasteiger partial charge < -0.3 is 14.5 Å². The molecular formula is C16H27N3O3. The third-order valence-corrected chi connectivity index (χ3v) is 4.90. The molecule has 0 radical (unpaired) electrons. The third kappa shape index (κ3) is 3.91. The van der Waals surface area contributed by atoms with Crippen LogP contribution in [-0.2, 0) is 14.4 Å². The van der Waals surface area contributed by atoms with Crippen molar-refractivity contribution in [2.24, 2.45) is 11.1 Å². The summed E-state index contributed by atoms with van der Waals surface area (Å²) >= 11 is 0. The summed E-state index contributed by atoms with van der Waals surface area (Å²) in [6.07, 6.45) is 5.85. The minimum atomic E-state index is 0.0939. The van der Waals surface area contributed by atoms with E-state index in [4.69, 9.17) is 9.57 Å². The minimum absolute atomic E-state index is 0.0939. The number of hydrogen-bond donors (Lipinski definition) is 0. The minimum Gasteiger partial charge on any atom is -0.470 e. The fourth-order valence-electron chi connectivity index (χ4n) is 3.54. The van der Waals surface area contributed by atoms with E-state index in [1.165, 1.54) is 32.4 Å². The quantitative estimate of drug-likeness (QED) is 0.792. The molecule has 6 nitrogen and oxygen atoms in total. The maximum absolute atomic E-state index is 11.4. The average Bonchev–Trinajstić information content (AvgIpc) is 2.56. The molecule has 0 spiro atoms. The number of carbonyl (C=O) groups excluding carboxylic acids is 1. The summed E-state index contributed by atoms with van der Waals surface area (Å²) in [6, 6.07) is 0. The Morgan fingerprint density at radius 2 is 1.91 bits per heavy atom. The Morgan fingerprint density at radius 3 is 2.59 bits per heavy atom. The van der Waals surface area contributed by atoms with E-state index in [2.05, 4.69) is 10.1 Å². The van der Waals surface area contributed by atoms with E-state index in [1.54, 1.807) is 6.92 Å². The Labute approximate surface area is 132 Å². The molecule has 2 fully saturated rings. The first-order valence-electron chi connectivity index (χ1n) is 8.57. The smallest absolute Gasteiger partial charge is 0.229 e. The molecule has 3 rings (SSSR count). The maximum Gasteiger partial charge on any atom is 0.229 e. The number of nitrogens with zero attached hydrogens (tertiary/aromatic N) is 3. The van der Waals surface area contributed by atoms with Gasteiger partial charge in [-0.25, -0.2) is 0 Å². The van der Waals surface area contributed by atoms with Crippen LogP contribution in [0.15, 0.2) is 5.16 Å². The topological polar surface area (TPSA) is 54.4 Å². The molecule has 124 valence electrons. The van der Waals surface area contributed by atoms with Gasteiger partial charge in [-0.3, -0.25) is 9.69 Å². The molecule has 0 aliphatic carbocycles. The first-order valence-corrected chi connectivity index (χ1v) is 8.57. The second-order valence-electron chi connectivity index (χ2n) is 6.61. The lowest BCUT2D eigenvalue weighted by Crippen LogP contribution is -2.45. The number of likely N-dealkylation sites (tertiary alicyclic amines) is 2. The standard InChI is InChI=1S/C16H27N3O3/c1-13(20)19-9-5-14(6-10-19)16-17-21-12-15(22-16)11-18-7-3-2-4-8-18/h14-15H,2-12H2,1H3. The van der Waals surface area contributed by atoms with Gasteiger partial charge in [0.2, 0.25) is 11.8 Å². The van der Waals surface area contributed by atoms with E-state index in [0.717, 1.165) is 38.4 Å². The van der Waals surface area contributed by atoms with Crippen molar-refractivity contribution in [2.45, 2.75) is 45.1 Å². The molecule has 1 amide bonds. The van der Waals surface area contributed by atoms with Crippen molar-refractivity contribution >= 4 is 11.8 Å². The van der Waals surface area contributed by atoms with Crippen molar-refractivity contribution in [3.8, 4) is 0 Å². The molecular weight excluding hydrogens is 282 g/mol. The molecule has 3 aliphatic rings. The highest BCUT2D eigenvalue weighted by atomic mass is 16.7. The van der Waals surface area contributed by atoms with Crippen molar-refractivity contribution in [3.05, 3.63) is 0 Å². The van der Waals surface area contributed by atoms with Gasteiger partial charge in [0.15, 0.2) is 6.61 Å². The Bertz CT molecular complexity index is 413. The van der Waals surface area contributed by atoms with Crippen LogP contribution >= 0.6 is 0 Å². The van der Waals surface area contributed by atoms with Gasteiger partial charge in [-0.1, -0.05) is 11.6 Å². The van der Waals surface area contributed by atoms with Crippen molar-refractivity contribution in [3.63, 3.8) is 0 Å². The van der Waals surface area contributed by atoms with Gasteiger partial charge in [0, 0.05) is 32.5 Å². The van der Waals surface area contributed by atoms with Crippen LogP contribution in [0.2, 0.25) is 0 Å². The number of oxime groups is 1. The predicted molar refractivity (Wildman–Crippen MR) is 83.5 cm³/mol. The van der Waals surface area contributed by atoms with Gasteiger partial charge in [-0.05, 0) is 38.8 Å². The van der Waals surface area contributed by atoms with Crippen LogP contribution in [0.3, 0.4) is 0 Å². The first kappa shape index (κ1) is 15.6. The summed E-state index contributed by atoms with van der Waals surface area (Å²) in [5.74, 6) is 1.19. The van der Waals surface area contributed by atoms with Crippen molar-refractivity contribution < 1.29 is 14.4 Å². The number of carbonyl (C=O) groups is 1. The SMILES string of the molecule is CC(=O)N1CCC(C2=NOCC(CN3CCCCC3)O2)CC1. The van der Waals surface area contributed by atoms with Gasteiger partial charge in [0.05, 0.1) is 0 Å². The Hall–Kier alpha value is -1.30. The normalized spacial score (nSPS) is 27.8. The van der Waals surface area contributed by atoms with Crippen molar-refractivity contribution in [1.29, 1.82) is 0 Å². The molecule has 0 aromatic rings. The van der Waals surface area contributed by atoms with Gasteiger partial charge in [-0.15, -0.1) is 0 Å². The second-order valence-corrected chi connectivity index (χ2v) is 6.61. The number of amides is 1. The summed E-state index contributed by atoms with van der Waals surface area (Å²) < 4.78 is 6.10. The second kappa shape index (κ2) is 7.31. The fraction of sp³-hybridized carbons (Fsp3) is 0.875. The molecule has 0 bridgehead atoms. The molecule has 0 aromatic carbocycles. The highest BCUT2D eigenvalue weighted by Crippen LogP contribution is 2.23. The third-order valence-electron chi connectivity index (χ3n) is 4.90. The van der Waals surface area contributed by atoms with Gasteiger partial charge in [0.25, 0.3) is 0 Å². The van der Waals surface area contributed by atoms with E-state index in [-0.39, 0.29) is 12.0 Å². The number of rotatable bonds is 3. The van der Waals surface area contributed by atoms with Crippen LogP contribution in [0, 0.1) is 5.92 Å². The molecule has 3 heterocycles. The summed E-state index contributed by atoms with van der Waals surface area (Å²) in [5.41, 5.74) is 0. The van der Waals surface area contributed by atoms with Gasteiger partial charge >= 0.3 is 0 Å². The highest BCUT2D eigenvalue weighted by Gasteiger charge is 2.31. The molecule has 3 aliphatic heterocycles. The molecule has 1 atom stereocenters. The molecule has 1 unspecified atom stereocenters. The summed E-state index contributed by atoms with van der Waals surface area (Å²) in [6.45, 7) is 7.04. The lowest BCUT2D eigenvalue weighted by molar-refractivity contribution is -0.130. The molecule has 2 saturated heterocycles. The fourth-order valence-corrected chi connectivity index (χ4v) is 3.54. The monoisotopic (exact) mass is 309 g/mol. The Kier molecular flexibility index (Phi) is 5.18. The summed E-state index contributed by atoms with van der Waals surface area (Å²) in [4.78, 5) is 21.2. The van der Waals surface area contributed by atoms with Crippen molar-refractivity contribution in [1.82, 2.24) is 9.80 Å². The van der Waals surface area contributed by atoms with Crippen LogP contribution < -0.4 is 0 Å². The average molecular weight is 309 g/mol. The van der Waals surface area contributed by atoms with E-state index in [0.29, 0.717) is 12.5 Å². The summed E-state index contributed by atoms with van der Waals surface area (Å²) in [7, 11) is 0. The lowest BCUT2D eigenvalue weighted by atomic mass is 9.96. The van der Waals surface area contributed by atoms with E-state index in [1.807, 2.05) is 4.90 Å². The number of piperidine rings is 2. The van der Waals surface area contributed by atoms with Gasteiger partial charge in [0.1, 0.15) is 6.10 Å². The largest absolute Gasteiger partial charge is 0.470 e. The van der Waals surface area contributed by atoms with Gasteiger partial charge in [-0.2, -0.15) is 0 Å². The summed E-state index contributed by atoms with van der Waals surface area (Å²) in [5, 5.41) is 4.14. The van der Waals surface area contributed by atoms with E-state index in [9.17, 15) is 4.79 Å². The van der Waals surface area contributed by atoms with Crippen LogP contribution in [0.5, 0.6) is 0 Å². The molecule has 6 heteroatoms.